The van der Waals surface area contributed by atoms with E-state index < -0.39 is 9.84 Å². The molecule has 29 heavy (non-hydrogen) atoms. The van der Waals surface area contributed by atoms with Crippen molar-refractivity contribution in [2.75, 3.05) is 11.1 Å². The molecule has 0 aliphatic carbocycles. The predicted molar refractivity (Wildman–Crippen MR) is 113 cm³/mol. The third kappa shape index (κ3) is 5.50. The monoisotopic (exact) mass is 425 g/mol. The molecule has 8 heteroatoms. The van der Waals surface area contributed by atoms with E-state index in [2.05, 4.69) is 16.4 Å². The summed E-state index contributed by atoms with van der Waals surface area (Å²) in [6.07, 6.45) is 0.326. The minimum atomic E-state index is -3.40. The van der Waals surface area contributed by atoms with E-state index in [1.807, 2.05) is 12.3 Å². The largest absolute Gasteiger partial charge is 0.302 e. The van der Waals surface area contributed by atoms with Crippen molar-refractivity contribution in [3.63, 3.8) is 0 Å². The van der Waals surface area contributed by atoms with E-state index in [0.717, 1.165) is 11.1 Å². The Morgan fingerprint density at radius 3 is 2.48 bits per heavy atom. The van der Waals surface area contributed by atoms with Crippen LogP contribution in [-0.4, -0.2) is 25.1 Å². The lowest BCUT2D eigenvalue weighted by Crippen LogP contribution is -2.14. The van der Waals surface area contributed by atoms with Crippen molar-refractivity contribution in [1.29, 1.82) is 5.26 Å². The zero-order chi connectivity index (χ0) is 20.9. The van der Waals surface area contributed by atoms with Crippen molar-refractivity contribution < 1.29 is 13.2 Å². The van der Waals surface area contributed by atoms with E-state index in [1.54, 1.807) is 48.5 Å². The Morgan fingerprint density at radius 2 is 1.83 bits per heavy atom. The van der Waals surface area contributed by atoms with Gasteiger partial charge in [0, 0.05) is 17.4 Å². The molecule has 0 spiro atoms. The highest BCUT2D eigenvalue weighted by Crippen LogP contribution is 2.25. The van der Waals surface area contributed by atoms with Gasteiger partial charge in [-0.15, -0.1) is 11.3 Å². The summed E-state index contributed by atoms with van der Waals surface area (Å²) in [5.41, 5.74) is 3.12. The molecule has 0 radical (unpaired) electrons. The Labute approximate surface area is 173 Å². The maximum absolute atomic E-state index is 12.3. The molecule has 1 aromatic heterocycles. The topological polar surface area (TPSA) is 99.9 Å². The van der Waals surface area contributed by atoms with Gasteiger partial charge in [0.25, 0.3) is 0 Å². The molecule has 0 bridgehead atoms. The maximum Gasteiger partial charge on any atom is 0.226 e. The summed E-state index contributed by atoms with van der Waals surface area (Å²) in [7, 11) is -3.40. The highest BCUT2D eigenvalue weighted by atomic mass is 32.2. The normalized spacial score (nSPS) is 11.0. The molecule has 148 valence electrons. The quantitative estimate of drug-likeness (QED) is 0.612. The van der Waals surface area contributed by atoms with Crippen LogP contribution in [0.4, 0.5) is 5.13 Å². The number of aryl methyl sites for hydroxylation is 1. The van der Waals surface area contributed by atoms with Crippen molar-refractivity contribution in [3.05, 3.63) is 65.0 Å². The number of hydrogen-bond acceptors (Lipinski definition) is 6. The van der Waals surface area contributed by atoms with Crippen LogP contribution < -0.4 is 5.32 Å². The molecule has 0 aliphatic heterocycles. The molecular weight excluding hydrogens is 406 g/mol. The predicted octanol–water partition coefficient (Wildman–Crippen LogP) is 4.18. The fourth-order valence-corrected chi connectivity index (χ4v) is 4.69. The van der Waals surface area contributed by atoms with Gasteiger partial charge >= 0.3 is 0 Å². The summed E-state index contributed by atoms with van der Waals surface area (Å²) < 4.78 is 24.7. The van der Waals surface area contributed by atoms with Crippen molar-refractivity contribution in [2.45, 2.75) is 24.7 Å². The van der Waals surface area contributed by atoms with Crippen LogP contribution in [-0.2, 0) is 14.6 Å². The number of anilines is 1. The molecule has 3 rings (SSSR count). The molecule has 6 nitrogen and oxygen atoms in total. The summed E-state index contributed by atoms with van der Waals surface area (Å²) in [5, 5.41) is 13.8. The Bertz CT molecular complexity index is 1140. The molecule has 0 atom stereocenters. The smallest absolute Gasteiger partial charge is 0.226 e. The fraction of sp³-hybridized carbons (Fsp3) is 0.190. The first-order valence-electron chi connectivity index (χ1n) is 8.93. The summed E-state index contributed by atoms with van der Waals surface area (Å²) in [5.74, 6) is -0.359. The Morgan fingerprint density at radius 1 is 1.14 bits per heavy atom. The van der Waals surface area contributed by atoms with Crippen LogP contribution in [0.25, 0.3) is 11.3 Å². The summed E-state index contributed by atoms with van der Waals surface area (Å²) in [4.78, 5) is 16.8. The Kier molecular flexibility index (Phi) is 6.42. The van der Waals surface area contributed by atoms with Gasteiger partial charge in [0.05, 0.1) is 28.0 Å². The fourth-order valence-electron chi connectivity index (χ4n) is 2.65. The first-order valence-corrected chi connectivity index (χ1v) is 11.5. The molecule has 3 aromatic rings. The second-order valence-corrected chi connectivity index (χ2v) is 9.48. The number of rotatable bonds is 7. The van der Waals surface area contributed by atoms with Gasteiger partial charge in [0.1, 0.15) is 0 Å². The summed E-state index contributed by atoms with van der Waals surface area (Å²) in [6.45, 7) is 1.89. The molecule has 0 fully saturated rings. The van der Waals surface area contributed by atoms with Gasteiger partial charge in [0.2, 0.25) is 5.91 Å². The third-order valence-corrected chi connectivity index (χ3v) is 6.83. The highest BCUT2D eigenvalue weighted by molar-refractivity contribution is 7.91. The average Bonchev–Trinajstić information content (AvgIpc) is 3.16. The van der Waals surface area contributed by atoms with Crippen molar-refractivity contribution >= 4 is 32.2 Å². The zero-order valence-corrected chi connectivity index (χ0v) is 17.4. The number of aromatic nitrogens is 1. The number of nitrogens with one attached hydrogen (secondary N) is 1. The van der Waals surface area contributed by atoms with Crippen LogP contribution in [0.15, 0.2) is 58.8 Å². The molecule has 1 heterocycles. The number of nitrogens with zero attached hydrogens (tertiary/aromatic N) is 2. The molecule has 2 aromatic carbocycles. The van der Waals surface area contributed by atoms with Crippen LogP contribution in [0.1, 0.15) is 24.0 Å². The van der Waals surface area contributed by atoms with Crippen LogP contribution in [0.3, 0.4) is 0 Å². The first kappa shape index (κ1) is 20.7. The minimum absolute atomic E-state index is 0.0855. The minimum Gasteiger partial charge on any atom is -0.302 e. The van der Waals surface area contributed by atoms with Gasteiger partial charge in [0.15, 0.2) is 15.0 Å². The highest BCUT2D eigenvalue weighted by Gasteiger charge is 2.15. The lowest BCUT2D eigenvalue weighted by atomic mass is 10.1. The lowest BCUT2D eigenvalue weighted by molar-refractivity contribution is -0.116. The third-order valence-electron chi connectivity index (χ3n) is 4.26. The van der Waals surface area contributed by atoms with Crippen molar-refractivity contribution in [1.82, 2.24) is 4.98 Å². The number of benzene rings is 2. The van der Waals surface area contributed by atoms with Crippen LogP contribution >= 0.6 is 11.3 Å². The summed E-state index contributed by atoms with van der Waals surface area (Å²) in [6, 6.07) is 15.8. The molecule has 0 saturated heterocycles. The van der Waals surface area contributed by atoms with Gasteiger partial charge in [-0.1, -0.05) is 29.8 Å². The van der Waals surface area contributed by atoms with E-state index in [0.29, 0.717) is 16.4 Å². The Hall–Kier alpha value is -3.02. The number of sulfone groups is 1. The second kappa shape index (κ2) is 8.99. The standard InChI is InChI=1S/C21H19N3O3S2/c1-15-4-10-18(11-5-15)29(26,27)12-2-3-20(25)24-21-23-19(14-28-21)17-8-6-16(13-22)7-9-17/h4-11,14H,2-3,12H2,1H3,(H,23,24,25). The first-order chi connectivity index (χ1) is 13.9. The second-order valence-electron chi connectivity index (χ2n) is 6.51. The SMILES string of the molecule is Cc1ccc(S(=O)(=O)CCCC(=O)Nc2nc(-c3ccc(C#N)cc3)cs2)cc1. The number of carbonyl (C=O) groups excluding carboxylic acids is 1. The van der Waals surface area contributed by atoms with Crippen LogP contribution in [0, 0.1) is 18.3 Å². The molecule has 0 saturated carbocycles. The van der Waals surface area contributed by atoms with Crippen molar-refractivity contribution in [2.24, 2.45) is 0 Å². The van der Waals surface area contributed by atoms with E-state index in [9.17, 15) is 13.2 Å². The van der Waals surface area contributed by atoms with Gasteiger partial charge in [-0.25, -0.2) is 13.4 Å². The molecule has 1 amide bonds. The molecule has 0 unspecified atom stereocenters. The average molecular weight is 426 g/mol. The van der Waals surface area contributed by atoms with E-state index in [4.69, 9.17) is 5.26 Å². The van der Waals surface area contributed by atoms with E-state index in [1.165, 1.54) is 11.3 Å². The van der Waals surface area contributed by atoms with Crippen LogP contribution in [0.5, 0.6) is 0 Å². The van der Waals surface area contributed by atoms with E-state index >= 15 is 0 Å². The zero-order valence-electron chi connectivity index (χ0n) is 15.8. The lowest BCUT2D eigenvalue weighted by Gasteiger charge is -2.05. The summed E-state index contributed by atoms with van der Waals surface area (Å²) >= 11 is 1.29. The molecule has 0 aliphatic rings. The van der Waals surface area contributed by atoms with Crippen molar-refractivity contribution in [3.8, 4) is 17.3 Å². The maximum atomic E-state index is 12.3. The number of hydrogen-bond donors (Lipinski definition) is 1. The van der Waals surface area contributed by atoms with Gasteiger partial charge < -0.3 is 5.32 Å². The van der Waals surface area contributed by atoms with Gasteiger partial charge in [-0.05, 0) is 37.6 Å². The van der Waals surface area contributed by atoms with E-state index in [-0.39, 0.29) is 29.4 Å². The number of carbonyl (C=O) groups is 1. The molecule has 1 N–H and O–H groups in total. The number of thiazole rings is 1. The van der Waals surface area contributed by atoms with Crippen LogP contribution in [0.2, 0.25) is 0 Å². The van der Waals surface area contributed by atoms with Gasteiger partial charge in [-0.2, -0.15) is 5.26 Å². The van der Waals surface area contributed by atoms with Gasteiger partial charge in [-0.3, -0.25) is 4.79 Å². The Balaban J connectivity index is 1.53. The number of amides is 1. The molecular formula is C21H19N3O3S2. The number of nitriles is 1.